The summed E-state index contributed by atoms with van der Waals surface area (Å²) < 4.78 is 19.2. The van der Waals surface area contributed by atoms with E-state index in [4.69, 9.17) is 10.3 Å². The van der Waals surface area contributed by atoms with Crippen molar-refractivity contribution in [3.8, 4) is 0 Å². The van der Waals surface area contributed by atoms with Gasteiger partial charge in [0.15, 0.2) is 5.82 Å². The molecule has 3 rings (SSSR count). The van der Waals surface area contributed by atoms with Crippen LogP contribution in [-0.4, -0.2) is 22.1 Å². The summed E-state index contributed by atoms with van der Waals surface area (Å²) in [6.45, 7) is 1.65. The molecule has 3 N–H and O–H groups in total. The number of benzene rings is 1. The van der Waals surface area contributed by atoms with Crippen molar-refractivity contribution in [3.05, 3.63) is 47.4 Å². The molecule has 1 aliphatic rings. The first-order chi connectivity index (χ1) is 11.5. The lowest BCUT2D eigenvalue weighted by Gasteiger charge is -2.27. The Kier molecular flexibility index (Phi) is 4.89. The highest BCUT2D eigenvalue weighted by molar-refractivity contribution is 5.79. The number of carbonyl (C=O) groups excluding carboxylic acids is 1. The predicted octanol–water partition coefficient (Wildman–Crippen LogP) is 2.24. The number of rotatable bonds is 4. The van der Waals surface area contributed by atoms with Gasteiger partial charge >= 0.3 is 0 Å². The molecule has 7 heteroatoms. The van der Waals surface area contributed by atoms with Gasteiger partial charge in [-0.1, -0.05) is 29.8 Å². The SMILES string of the molecule is Cc1nc(C(NC(=O)C2CCCC(N)C2)c2ccccc2F)no1. The van der Waals surface area contributed by atoms with Gasteiger partial charge in [0.05, 0.1) is 0 Å². The summed E-state index contributed by atoms with van der Waals surface area (Å²) >= 11 is 0. The van der Waals surface area contributed by atoms with E-state index in [9.17, 15) is 9.18 Å². The molecule has 3 unspecified atom stereocenters. The van der Waals surface area contributed by atoms with E-state index in [2.05, 4.69) is 15.5 Å². The first kappa shape index (κ1) is 16.6. The molecule has 1 amide bonds. The topological polar surface area (TPSA) is 94.0 Å². The summed E-state index contributed by atoms with van der Waals surface area (Å²) in [6, 6.07) is 5.51. The lowest BCUT2D eigenvalue weighted by molar-refractivity contribution is -0.126. The number of carbonyl (C=O) groups is 1. The van der Waals surface area contributed by atoms with Crippen molar-refractivity contribution < 1.29 is 13.7 Å². The molecule has 128 valence electrons. The number of amides is 1. The van der Waals surface area contributed by atoms with Crippen LogP contribution in [0.25, 0.3) is 0 Å². The van der Waals surface area contributed by atoms with Crippen molar-refractivity contribution >= 4 is 5.91 Å². The lowest BCUT2D eigenvalue weighted by Crippen LogP contribution is -2.40. The summed E-state index contributed by atoms with van der Waals surface area (Å²) in [7, 11) is 0. The van der Waals surface area contributed by atoms with Crippen LogP contribution in [0.2, 0.25) is 0 Å². The van der Waals surface area contributed by atoms with Gasteiger partial charge < -0.3 is 15.6 Å². The van der Waals surface area contributed by atoms with Crippen LogP contribution in [0.1, 0.15) is 49.0 Å². The highest BCUT2D eigenvalue weighted by Gasteiger charge is 2.30. The third kappa shape index (κ3) is 3.62. The van der Waals surface area contributed by atoms with Crippen LogP contribution in [0.5, 0.6) is 0 Å². The van der Waals surface area contributed by atoms with Crippen molar-refractivity contribution in [2.45, 2.75) is 44.7 Å². The Labute approximate surface area is 139 Å². The maximum atomic E-state index is 14.2. The molecule has 6 nitrogen and oxygen atoms in total. The van der Waals surface area contributed by atoms with Gasteiger partial charge in [-0.05, 0) is 25.3 Å². The van der Waals surface area contributed by atoms with E-state index in [0.29, 0.717) is 17.9 Å². The fourth-order valence-corrected chi connectivity index (χ4v) is 3.15. The predicted molar refractivity (Wildman–Crippen MR) is 85.4 cm³/mol. The Hall–Kier alpha value is -2.28. The molecule has 1 aliphatic carbocycles. The molecule has 0 saturated heterocycles. The molecule has 0 aliphatic heterocycles. The van der Waals surface area contributed by atoms with Crippen molar-refractivity contribution in [2.75, 3.05) is 0 Å². The second-order valence-electron chi connectivity index (χ2n) is 6.26. The van der Waals surface area contributed by atoms with Crippen LogP contribution < -0.4 is 11.1 Å². The van der Waals surface area contributed by atoms with E-state index < -0.39 is 11.9 Å². The molecule has 1 heterocycles. The van der Waals surface area contributed by atoms with E-state index >= 15 is 0 Å². The minimum atomic E-state index is -0.783. The zero-order valence-corrected chi connectivity index (χ0v) is 13.5. The van der Waals surface area contributed by atoms with Gasteiger partial charge in [0.1, 0.15) is 11.9 Å². The second kappa shape index (κ2) is 7.09. The molecule has 24 heavy (non-hydrogen) atoms. The summed E-state index contributed by atoms with van der Waals surface area (Å²) in [5, 5.41) is 6.73. The summed E-state index contributed by atoms with van der Waals surface area (Å²) in [5.74, 6) is -0.145. The lowest BCUT2D eigenvalue weighted by atomic mass is 9.85. The monoisotopic (exact) mass is 332 g/mol. The Morgan fingerprint density at radius 2 is 2.21 bits per heavy atom. The van der Waals surface area contributed by atoms with E-state index in [0.717, 1.165) is 19.3 Å². The van der Waals surface area contributed by atoms with Crippen LogP contribution in [0, 0.1) is 18.7 Å². The van der Waals surface area contributed by atoms with Crippen molar-refractivity contribution in [3.63, 3.8) is 0 Å². The first-order valence-corrected chi connectivity index (χ1v) is 8.15. The van der Waals surface area contributed by atoms with Crippen LogP contribution in [0.15, 0.2) is 28.8 Å². The number of nitrogens with zero attached hydrogens (tertiary/aromatic N) is 2. The molecule has 0 spiro atoms. The highest BCUT2D eigenvalue weighted by Crippen LogP contribution is 2.27. The second-order valence-corrected chi connectivity index (χ2v) is 6.26. The maximum Gasteiger partial charge on any atom is 0.224 e. The van der Waals surface area contributed by atoms with Crippen molar-refractivity contribution in [1.82, 2.24) is 15.5 Å². The van der Waals surface area contributed by atoms with Gasteiger partial charge in [0.2, 0.25) is 11.8 Å². The number of aryl methyl sites for hydroxylation is 1. The van der Waals surface area contributed by atoms with Gasteiger partial charge in [-0.3, -0.25) is 4.79 Å². The van der Waals surface area contributed by atoms with Crippen molar-refractivity contribution in [2.24, 2.45) is 11.7 Å². The van der Waals surface area contributed by atoms with Gasteiger partial charge in [0.25, 0.3) is 0 Å². The molecule has 1 aromatic carbocycles. The minimum Gasteiger partial charge on any atom is -0.342 e. The molecule has 1 aromatic heterocycles. The quantitative estimate of drug-likeness (QED) is 0.895. The first-order valence-electron chi connectivity index (χ1n) is 8.15. The molecular formula is C17H21FN4O2. The third-order valence-corrected chi connectivity index (χ3v) is 4.39. The van der Waals surface area contributed by atoms with E-state index in [1.807, 2.05) is 0 Å². The standard InChI is InChI=1S/C17H21FN4O2/c1-10-20-16(22-24-10)15(13-7-2-3-8-14(13)18)21-17(23)11-5-4-6-12(19)9-11/h2-3,7-8,11-12,15H,4-6,9,19H2,1H3,(H,21,23). The zero-order valence-electron chi connectivity index (χ0n) is 13.5. The highest BCUT2D eigenvalue weighted by atomic mass is 19.1. The van der Waals surface area contributed by atoms with Gasteiger partial charge in [-0.2, -0.15) is 4.98 Å². The van der Waals surface area contributed by atoms with Crippen LogP contribution >= 0.6 is 0 Å². The van der Waals surface area contributed by atoms with Gasteiger partial charge in [-0.15, -0.1) is 0 Å². The third-order valence-electron chi connectivity index (χ3n) is 4.39. The fourth-order valence-electron chi connectivity index (χ4n) is 3.15. The fraction of sp³-hybridized carbons (Fsp3) is 0.471. The number of hydrogen-bond acceptors (Lipinski definition) is 5. The average molecular weight is 332 g/mol. The Morgan fingerprint density at radius 3 is 2.88 bits per heavy atom. The number of hydrogen-bond donors (Lipinski definition) is 2. The number of nitrogens with two attached hydrogens (primary N) is 1. The molecule has 0 radical (unpaired) electrons. The average Bonchev–Trinajstić information content (AvgIpc) is 2.99. The molecule has 2 aromatic rings. The summed E-state index contributed by atoms with van der Waals surface area (Å²) in [4.78, 5) is 16.8. The number of nitrogens with one attached hydrogen (secondary N) is 1. The van der Waals surface area contributed by atoms with E-state index in [-0.39, 0.29) is 23.7 Å². The zero-order chi connectivity index (χ0) is 17.1. The van der Waals surface area contributed by atoms with Gasteiger partial charge in [0, 0.05) is 24.4 Å². The normalized spacial score (nSPS) is 22.1. The smallest absolute Gasteiger partial charge is 0.224 e. The summed E-state index contributed by atoms with van der Waals surface area (Å²) in [6.07, 6.45) is 3.28. The number of aromatic nitrogens is 2. The molecule has 1 saturated carbocycles. The van der Waals surface area contributed by atoms with E-state index in [1.54, 1.807) is 25.1 Å². The minimum absolute atomic E-state index is 0.0360. The van der Waals surface area contributed by atoms with Gasteiger partial charge in [-0.25, -0.2) is 4.39 Å². The molecule has 3 atom stereocenters. The van der Waals surface area contributed by atoms with Crippen LogP contribution in [0.3, 0.4) is 0 Å². The van der Waals surface area contributed by atoms with E-state index in [1.165, 1.54) is 6.07 Å². The largest absolute Gasteiger partial charge is 0.342 e. The van der Waals surface area contributed by atoms with Crippen molar-refractivity contribution in [1.29, 1.82) is 0 Å². The Morgan fingerprint density at radius 1 is 1.42 bits per heavy atom. The molecule has 0 bridgehead atoms. The number of halogens is 1. The molecule has 1 fully saturated rings. The van der Waals surface area contributed by atoms with Crippen LogP contribution in [0.4, 0.5) is 4.39 Å². The maximum absolute atomic E-state index is 14.2. The van der Waals surface area contributed by atoms with Crippen LogP contribution in [-0.2, 0) is 4.79 Å². The Bertz CT molecular complexity index is 718. The Balaban J connectivity index is 1.85. The molecular weight excluding hydrogens is 311 g/mol. The summed E-state index contributed by atoms with van der Waals surface area (Å²) in [5.41, 5.74) is 6.28.